The number of fused-ring (bicyclic) bond motifs is 3. The molecule has 2 heterocycles. The van der Waals surface area contributed by atoms with Gasteiger partial charge in [-0.15, -0.1) is 0 Å². The van der Waals surface area contributed by atoms with Crippen molar-refractivity contribution < 1.29 is 4.42 Å². The molecule has 0 atom stereocenters. The molecular formula is C51H34N4O. The van der Waals surface area contributed by atoms with Gasteiger partial charge in [0.05, 0.1) is 0 Å². The Hall–Kier alpha value is -7.63. The van der Waals surface area contributed by atoms with Gasteiger partial charge < -0.3 is 9.32 Å². The molecule has 0 fully saturated rings. The number of hydrogen-bond donors (Lipinski definition) is 0. The maximum absolute atomic E-state index is 6.59. The SMILES string of the molecule is c1ccc(-c2ccc(N(c3ccccc3)c3cccc(-c4ccc5c(c4)oc4cccc(-c6nc(-c7ccccc7)nc(-c7ccccc7)n6)c45)c3)cc2)cc1. The minimum absolute atomic E-state index is 0.598. The van der Waals surface area contributed by atoms with Gasteiger partial charge in [0.25, 0.3) is 0 Å². The summed E-state index contributed by atoms with van der Waals surface area (Å²) in [6.07, 6.45) is 0. The quantitative estimate of drug-likeness (QED) is 0.157. The Balaban J connectivity index is 1.05. The van der Waals surface area contributed by atoms with Crippen LogP contribution in [0.3, 0.4) is 0 Å². The first-order chi connectivity index (χ1) is 27.7. The normalized spacial score (nSPS) is 11.2. The second-order valence-corrected chi connectivity index (χ2v) is 13.7. The molecule has 10 rings (SSSR count). The van der Waals surface area contributed by atoms with Gasteiger partial charge in [-0.05, 0) is 76.9 Å². The molecule has 264 valence electrons. The summed E-state index contributed by atoms with van der Waals surface area (Å²) < 4.78 is 6.59. The van der Waals surface area contributed by atoms with Gasteiger partial charge in [0.15, 0.2) is 17.5 Å². The maximum Gasteiger partial charge on any atom is 0.164 e. The van der Waals surface area contributed by atoms with Crippen LogP contribution >= 0.6 is 0 Å². The summed E-state index contributed by atoms with van der Waals surface area (Å²) in [7, 11) is 0. The van der Waals surface area contributed by atoms with E-state index in [9.17, 15) is 0 Å². The number of para-hydroxylation sites is 1. The van der Waals surface area contributed by atoms with Gasteiger partial charge in [-0.1, -0.05) is 152 Å². The number of benzene rings is 8. The van der Waals surface area contributed by atoms with E-state index in [1.165, 1.54) is 11.1 Å². The molecule has 0 amide bonds. The van der Waals surface area contributed by atoms with Crippen LogP contribution in [0.4, 0.5) is 17.1 Å². The monoisotopic (exact) mass is 718 g/mol. The molecule has 0 saturated heterocycles. The minimum Gasteiger partial charge on any atom is -0.456 e. The zero-order valence-electron chi connectivity index (χ0n) is 30.3. The van der Waals surface area contributed by atoms with Gasteiger partial charge in [0.2, 0.25) is 0 Å². The zero-order valence-corrected chi connectivity index (χ0v) is 30.3. The Morgan fingerprint density at radius 2 is 0.804 bits per heavy atom. The summed E-state index contributed by atoms with van der Waals surface area (Å²) in [5.41, 5.74) is 12.1. The average molecular weight is 719 g/mol. The summed E-state index contributed by atoms with van der Waals surface area (Å²) in [6, 6.07) is 71.1. The summed E-state index contributed by atoms with van der Waals surface area (Å²) in [6.45, 7) is 0. The Bertz CT molecular complexity index is 2890. The predicted octanol–water partition coefficient (Wildman–Crippen LogP) is 13.6. The van der Waals surface area contributed by atoms with Crippen molar-refractivity contribution in [3.8, 4) is 56.4 Å². The van der Waals surface area contributed by atoms with E-state index in [1.54, 1.807) is 0 Å². The first-order valence-electron chi connectivity index (χ1n) is 18.7. The topological polar surface area (TPSA) is 55.1 Å². The average Bonchev–Trinajstić information content (AvgIpc) is 3.66. The van der Waals surface area contributed by atoms with Crippen molar-refractivity contribution in [2.24, 2.45) is 0 Å². The second-order valence-electron chi connectivity index (χ2n) is 13.7. The molecule has 2 aromatic heterocycles. The molecule has 10 aromatic rings. The molecule has 0 radical (unpaired) electrons. The van der Waals surface area contributed by atoms with Crippen molar-refractivity contribution in [3.05, 3.63) is 206 Å². The van der Waals surface area contributed by atoms with E-state index < -0.39 is 0 Å². The fourth-order valence-corrected chi connectivity index (χ4v) is 7.40. The van der Waals surface area contributed by atoms with Gasteiger partial charge >= 0.3 is 0 Å². The Morgan fingerprint density at radius 3 is 1.46 bits per heavy atom. The van der Waals surface area contributed by atoms with Crippen molar-refractivity contribution in [1.29, 1.82) is 0 Å². The van der Waals surface area contributed by atoms with Crippen LogP contribution in [0.5, 0.6) is 0 Å². The number of hydrogen-bond acceptors (Lipinski definition) is 5. The number of nitrogens with zero attached hydrogens (tertiary/aromatic N) is 4. The van der Waals surface area contributed by atoms with Gasteiger partial charge in [-0.2, -0.15) is 0 Å². The molecule has 0 N–H and O–H groups in total. The predicted molar refractivity (Wildman–Crippen MR) is 229 cm³/mol. The highest BCUT2D eigenvalue weighted by molar-refractivity contribution is 6.12. The zero-order chi connectivity index (χ0) is 37.3. The summed E-state index contributed by atoms with van der Waals surface area (Å²) >= 11 is 0. The van der Waals surface area contributed by atoms with Crippen molar-refractivity contribution in [2.75, 3.05) is 4.90 Å². The number of furan rings is 1. The molecule has 0 bridgehead atoms. The first-order valence-corrected chi connectivity index (χ1v) is 18.7. The Labute approximate surface area is 324 Å². The first kappa shape index (κ1) is 33.0. The Kier molecular flexibility index (Phi) is 8.43. The lowest BCUT2D eigenvalue weighted by molar-refractivity contribution is 0.669. The van der Waals surface area contributed by atoms with E-state index in [0.29, 0.717) is 17.5 Å². The van der Waals surface area contributed by atoms with Crippen LogP contribution in [0.1, 0.15) is 0 Å². The van der Waals surface area contributed by atoms with Gasteiger partial charge in [-0.3, -0.25) is 0 Å². The number of rotatable bonds is 8. The van der Waals surface area contributed by atoms with Crippen LogP contribution in [0.25, 0.3) is 78.4 Å². The smallest absolute Gasteiger partial charge is 0.164 e. The standard InChI is InChI=1S/C51H34N4O/c1-5-15-35(16-6-1)36-27-30-42(31-28-36)55(41-22-11-4-12-23-41)43-24-13-21-39(33-43)40-29-32-44-47(34-40)56-46-26-14-25-45(48(44)46)51-53-49(37-17-7-2-8-18-37)52-50(54-51)38-19-9-3-10-20-38/h1-34H. The molecule has 5 nitrogen and oxygen atoms in total. The summed E-state index contributed by atoms with van der Waals surface area (Å²) in [5.74, 6) is 1.84. The highest BCUT2D eigenvalue weighted by atomic mass is 16.3. The van der Waals surface area contributed by atoms with Gasteiger partial charge in [-0.25, -0.2) is 15.0 Å². The van der Waals surface area contributed by atoms with E-state index >= 15 is 0 Å². The molecule has 0 unspecified atom stereocenters. The molecule has 8 aromatic carbocycles. The number of aromatic nitrogens is 3. The van der Waals surface area contributed by atoms with Gasteiger partial charge in [0, 0.05) is 44.5 Å². The van der Waals surface area contributed by atoms with Crippen molar-refractivity contribution in [2.45, 2.75) is 0 Å². The fourth-order valence-electron chi connectivity index (χ4n) is 7.40. The fraction of sp³-hybridized carbons (Fsp3) is 0. The number of anilines is 3. The molecule has 0 aliphatic carbocycles. The molecular weight excluding hydrogens is 685 g/mol. The van der Waals surface area contributed by atoms with Crippen LogP contribution in [-0.4, -0.2) is 15.0 Å². The van der Waals surface area contributed by atoms with Crippen LogP contribution in [0.2, 0.25) is 0 Å². The largest absolute Gasteiger partial charge is 0.456 e. The van der Waals surface area contributed by atoms with Crippen molar-refractivity contribution in [3.63, 3.8) is 0 Å². The minimum atomic E-state index is 0.598. The van der Waals surface area contributed by atoms with Crippen molar-refractivity contribution in [1.82, 2.24) is 15.0 Å². The molecule has 0 aliphatic rings. The molecule has 0 spiro atoms. The lowest BCUT2D eigenvalue weighted by atomic mass is 10.0. The third kappa shape index (κ3) is 6.27. The highest BCUT2D eigenvalue weighted by Gasteiger charge is 2.19. The van der Waals surface area contributed by atoms with E-state index in [1.807, 2.05) is 78.9 Å². The highest BCUT2D eigenvalue weighted by Crippen LogP contribution is 2.40. The van der Waals surface area contributed by atoms with Crippen LogP contribution in [0, 0.1) is 0 Å². The Morgan fingerprint density at radius 1 is 0.321 bits per heavy atom. The molecule has 0 saturated carbocycles. The molecule has 5 heteroatoms. The van der Waals surface area contributed by atoms with E-state index in [4.69, 9.17) is 19.4 Å². The molecule has 0 aliphatic heterocycles. The third-order valence-corrected chi connectivity index (χ3v) is 10.1. The second kappa shape index (κ2) is 14.3. The maximum atomic E-state index is 6.59. The lowest BCUT2D eigenvalue weighted by Crippen LogP contribution is -2.09. The van der Waals surface area contributed by atoms with Gasteiger partial charge in [0.1, 0.15) is 11.2 Å². The lowest BCUT2D eigenvalue weighted by Gasteiger charge is -2.26. The van der Waals surface area contributed by atoms with Crippen molar-refractivity contribution >= 4 is 39.0 Å². The molecule has 56 heavy (non-hydrogen) atoms. The van der Waals surface area contributed by atoms with Crippen LogP contribution < -0.4 is 4.90 Å². The van der Waals surface area contributed by atoms with E-state index in [0.717, 1.165) is 66.8 Å². The van der Waals surface area contributed by atoms with Crippen LogP contribution in [-0.2, 0) is 0 Å². The van der Waals surface area contributed by atoms with Crippen LogP contribution in [0.15, 0.2) is 211 Å². The summed E-state index contributed by atoms with van der Waals surface area (Å²) in [5, 5.41) is 1.98. The van der Waals surface area contributed by atoms with E-state index in [-0.39, 0.29) is 0 Å². The van der Waals surface area contributed by atoms with E-state index in [2.05, 4.69) is 132 Å². The third-order valence-electron chi connectivity index (χ3n) is 10.1. The summed E-state index contributed by atoms with van der Waals surface area (Å²) in [4.78, 5) is 17.3.